The van der Waals surface area contributed by atoms with Crippen LogP contribution in [0.25, 0.3) is 11.3 Å². The Morgan fingerprint density at radius 1 is 1.19 bits per heavy atom. The van der Waals surface area contributed by atoms with E-state index in [0.717, 1.165) is 5.56 Å². The second-order valence-corrected chi connectivity index (χ2v) is 6.54. The minimum absolute atomic E-state index is 0.0300. The Balaban J connectivity index is 0.00000233. The quantitative estimate of drug-likeness (QED) is 0.570. The lowest BCUT2D eigenvalue weighted by Gasteiger charge is -2.17. The van der Waals surface area contributed by atoms with Crippen LogP contribution in [0.1, 0.15) is 54.7 Å². The number of rotatable bonds is 8. The molecule has 1 unspecified atom stereocenters. The molecule has 0 radical (unpaired) electrons. The van der Waals surface area contributed by atoms with Gasteiger partial charge in [-0.25, -0.2) is 19.4 Å². The summed E-state index contributed by atoms with van der Waals surface area (Å²) in [5.41, 5.74) is 1.26. The molecule has 2 rings (SSSR count). The number of amides is 1. The van der Waals surface area contributed by atoms with E-state index in [2.05, 4.69) is 25.7 Å². The summed E-state index contributed by atoms with van der Waals surface area (Å²) in [7, 11) is 0. The smallest absolute Gasteiger partial charge is 0.413 e. The van der Waals surface area contributed by atoms with Crippen molar-refractivity contribution in [3.05, 3.63) is 18.7 Å². The predicted molar refractivity (Wildman–Crippen MR) is 123 cm³/mol. The third-order valence-electron chi connectivity index (χ3n) is 3.54. The summed E-state index contributed by atoms with van der Waals surface area (Å²) in [4.78, 5) is 20.1. The molecule has 31 heavy (non-hydrogen) atoms. The van der Waals surface area contributed by atoms with Crippen molar-refractivity contribution in [1.82, 2.24) is 25.1 Å². The van der Waals surface area contributed by atoms with Crippen molar-refractivity contribution in [1.29, 1.82) is 0 Å². The molecule has 2 N–H and O–H groups in total. The summed E-state index contributed by atoms with van der Waals surface area (Å²) in [6, 6.07) is 0. The second-order valence-electron chi connectivity index (χ2n) is 6.13. The van der Waals surface area contributed by atoms with Crippen LogP contribution in [0.3, 0.4) is 0 Å². The van der Waals surface area contributed by atoms with Crippen LogP contribution >= 0.6 is 12.2 Å². The highest BCUT2D eigenvalue weighted by atomic mass is 32.1. The maximum absolute atomic E-state index is 11.6. The van der Waals surface area contributed by atoms with E-state index in [9.17, 15) is 4.79 Å². The lowest BCUT2D eigenvalue weighted by molar-refractivity contribution is 0.0160. The van der Waals surface area contributed by atoms with Crippen LogP contribution in [0.2, 0.25) is 0 Å². The largest absolute Gasteiger partial charge is 0.485 e. The molecule has 2 aromatic heterocycles. The Labute approximate surface area is 188 Å². The summed E-state index contributed by atoms with van der Waals surface area (Å²) < 4.78 is 18.0. The van der Waals surface area contributed by atoms with Gasteiger partial charge in [0.2, 0.25) is 0 Å². The molecule has 1 atom stereocenters. The Kier molecular flexibility index (Phi) is 11.4. The lowest BCUT2D eigenvalue weighted by Crippen LogP contribution is -2.35. The standard InChI is InChI=1S/C18H26N6O4S.C2H6/c1-6-26-12(5)24-9-13(8-21-24)14-15(28-11(3)4)16(20-10-19-14)22-17(29)23-18(25)27-7-2;1-2/h8-12H,6-7H2,1-5H3,(H2,19,20,22,23,25,29);1-2H3. The molecular weight excluding hydrogens is 420 g/mol. The number of hydrogen-bond acceptors (Lipinski definition) is 8. The van der Waals surface area contributed by atoms with Gasteiger partial charge in [0.15, 0.2) is 16.7 Å². The zero-order valence-corrected chi connectivity index (χ0v) is 19.9. The topological polar surface area (TPSA) is 112 Å². The molecule has 0 saturated heterocycles. The van der Waals surface area contributed by atoms with Crippen molar-refractivity contribution in [2.75, 3.05) is 18.5 Å². The molecule has 10 nitrogen and oxygen atoms in total. The van der Waals surface area contributed by atoms with Crippen molar-refractivity contribution in [3.63, 3.8) is 0 Å². The molecule has 0 aliphatic carbocycles. The minimum Gasteiger partial charge on any atom is -0.485 e. The van der Waals surface area contributed by atoms with E-state index in [1.54, 1.807) is 17.8 Å². The van der Waals surface area contributed by atoms with Gasteiger partial charge in [0, 0.05) is 18.4 Å². The van der Waals surface area contributed by atoms with Crippen LogP contribution in [0.15, 0.2) is 18.7 Å². The Morgan fingerprint density at radius 3 is 2.52 bits per heavy atom. The number of carbonyl (C=O) groups is 1. The zero-order valence-electron chi connectivity index (χ0n) is 19.1. The molecule has 11 heteroatoms. The first kappa shape index (κ1) is 26.2. The van der Waals surface area contributed by atoms with Gasteiger partial charge in [-0.15, -0.1) is 0 Å². The van der Waals surface area contributed by atoms with Crippen molar-refractivity contribution in [3.8, 4) is 17.0 Å². The van der Waals surface area contributed by atoms with Crippen LogP contribution in [0.4, 0.5) is 10.6 Å². The molecule has 2 aromatic rings. The van der Waals surface area contributed by atoms with Gasteiger partial charge in [-0.3, -0.25) is 5.32 Å². The van der Waals surface area contributed by atoms with E-state index >= 15 is 0 Å². The van der Waals surface area contributed by atoms with Gasteiger partial charge in [-0.05, 0) is 46.8 Å². The van der Waals surface area contributed by atoms with Crippen molar-refractivity contribution >= 4 is 29.2 Å². The number of thiocarbonyl (C=S) groups is 1. The number of alkyl carbamates (subject to hydrolysis) is 1. The Hall–Kier alpha value is -2.79. The van der Waals surface area contributed by atoms with Crippen LogP contribution in [0, 0.1) is 0 Å². The maximum atomic E-state index is 11.6. The third kappa shape index (κ3) is 8.10. The number of carbonyl (C=O) groups excluding carboxylic acids is 1. The summed E-state index contributed by atoms with van der Waals surface area (Å²) in [6.45, 7) is 14.1. The van der Waals surface area contributed by atoms with E-state index in [4.69, 9.17) is 26.4 Å². The average molecular weight is 453 g/mol. The maximum Gasteiger partial charge on any atom is 0.413 e. The molecule has 2 heterocycles. The first-order valence-electron chi connectivity index (χ1n) is 10.3. The van der Waals surface area contributed by atoms with Crippen molar-refractivity contribution in [2.45, 2.75) is 60.8 Å². The fourth-order valence-corrected chi connectivity index (χ4v) is 2.57. The monoisotopic (exact) mass is 452 g/mol. The molecule has 0 fully saturated rings. The summed E-state index contributed by atoms with van der Waals surface area (Å²) in [5, 5.41) is 9.64. The zero-order chi connectivity index (χ0) is 23.4. The molecule has 1 amide bonds. The number of nitrogens with zero attached hydrogens (tertiary/aromatic N) is 4. The first-order chi connectivity index (χ1) is 14.8. The van der Waals surface area contributed by atoms with E-state index in [-0.39, 0.29) is 24.1 Å². The van der Waals surface area contributed by atoms with E-state index in [1.807, 2.05) is 47.7 Å². The van der Waals surface area contributed by atoms with Gasteiger partial charge >= 0.3 is 6.09 Å². The van der Waals surface area contributed by atoms with Gasteiger partial charge in [-0.2, -0.15) is 5.10 Å². The summed E-state index contributed by atoms with van der Waals surface area (Å²) >= 11 is 5.16. The molecule has 172 valence electrons. The number of hydrogen-bond donors (Lipinski definition) is 2. The summed E-state index contributed by atoms with van der Waals surface area (Å²) in [5.74, 6) is 0.704. The molecule has 0 aromatic carbocycles. The SMILES string of the molecule is CC.CCOC(=O)NC(=S)Nc1ncnc(-c2cnn(C(C)OCC)c2)c1OC(C)C. The molecule has 0 spiro atoms. The van der Waals surface area contributed by atoms with Crippen LogP contribution in [-0.4, -0.2) is 50.3 Å². The fraction of sp³-hybridized carbons (Fsp3) is 0.550. The first-order valence-corrected chi connectivity index (χ1v) is 10.7. The van der Waals surface area contributed by atoms with Crippen LogP contribution in [-0.2, 0) is 9.47 Å². The van der Waals surface area contributed by atoms with E-state index in [0.29, 0.717) is 23.9 Å². The highest BCUT2D eigenvalue weighted by molar-refractivity contribution is 7.80. The van der Waals surface area contributed by atoms with Gasteiger partial charge in [-0.1, -0.05) is 13.8 Å². The normalized spacial score (nSPS) is 11.2. The van der Waals surface area contributed by atoms with Crippen LogP contribution < -0.4 is 15.4 Å². The lowest BCUT2D eigenvalue weighted by atomic mass is 10.2. The molecular formula is C20H32N6O4S. The van der Waals surface area contributed by atoms with Gasteiger partial charge < -0.3 is 19.5 Å². The Bertz CT molecular complexity index is 843. The molecule has 0 bridgehead atoms. The summed E-state index contributed by atoms with van der Waals surface area (Å²) in [6.07, 6.45) is 3.84. The number of aromatic nitrogens is 4. The van der Waals surface area contributed by atoms with Gasteiger partial charge in [0.05, 0.1) is 18.9 Å². The molecule has 0 aliphatic heterocycles. The van der Waals surface area contributed by atoms with E-state index in [1.165, 1.54) is 6.33 Å². The third-order valence-corrected chi connectivity index (χ3v) is 3.74. The molecule has 0 aliphatic rings. The van der Waals surface area contributed by atoms with Gasteiger partial charge in [0.1, 0.15) is 18.2 Å². The van der Waals surface area contributed by atoms with Crippen molar-refractivity contribution < 1.29 is 19.0 Å². The van der Waals surface area contributed by atoms with Crippen LogP contribution in [0.5, 0.6) is 5.75 Å². The molecule has 0 saturated carbocycles. The second kappa shape index (κ2) is 13.5. The highest BCUT2D eigenvalue weighted by Crippen LogP contribution is 2.34. The fourth-order valence-electron chi connectivity index (χ4n) is 2.39. The highest BCUT2D eigenvalue weighted by Gasteiger charge is 2.20. The van der Waals surface area contributed by atoms with E-state index < -0.39 is 6.09 Å². The van der Waals surface area contributed by atoms with Gasteiger partial charge in [0.25, 0.3) is 0 Å². The average Bonchev–Trinajstić information content (AvgIpc) is 3.21. The predicted octanol–water partition coefficient (Wildman–Crippen LogP) is 4.15. The number of ether oxygens (including phenoxy) is 3. The Morgan fingerprint density at radius 2 is 1.90 bits per heavy atom. The number of anilines is 1. The number of nitrogens with one attached hydrogen (secondary N) is 2. The minimum atomic E-state index is -0.656. The van der Waals surface area contributed by atoms with Crippen molar-refractivity contribution in [2.24, 2.45) is 0 Å².